The maximum absolute atomic E-state index is 13.7. The largest absolute Gasteiger partial charge is 0.335 e. The molecular formula is C31H33N3O. The van der Waals surface area contributed by atoms with Gasteiger partial charge in [0.05, 0.1) is 6.04 Å². The zero-order valence-corrected chi connectivity index (χ0v) is 20.0. The highest BCUT2D eigenvalue weighted by Crippen LogP contribution is 2.21. The average molecular weight is 464 g/mol. The molecule has 0 aromatic heterocycles. The van der Waals surface area contributed by atoms with Crippen molar-refractivity contribution < 1.29 is 4.79 Å². The Morgan fingerprint density at radius 2 is 1.46 bits per heavy atom. The summed E-state index contributed by atoms with van der Waals surface area (Å²) in [5, 5.41) is 6.18. The van der Waals surface area contributed by atoms with E-state index in [4.69, 9.17) is 5.73 Å². The Bertz CT molecular complexity index is 1260. The van der Waals surface area contributed by atoms with Gasteiger partial charge in [-0.25, -0.2) is 0 Å². The molecule has 0 spiro atoms. The van der Waals surface area contributed by atoms with Gasteiger partial charge in [0.2, 0.25) is 5.91 Å². The maximum Gasteiger partial charge on any atom is 0.240 e. The second-order valence-corrected chi connectivity index (χ2v) is 9.62. The number of hydrogen-bond acceptors (Lipinski definition) is 3. The van der Waals surface area contributed by atoms with Crippen molar-refractivity contribution in [3.05, 3.63) is 120 Å². The number of nitrogens with zero attached hydrogens (tertiary/aromatic N) is 1. The highest BCUT2D eigenvalue weighted by atomic mass is 16.2. The molecule has 1 aliphatic rings. The number of nitrogens with one attached hydrogen (secondary N) is 1. The Morgan fingerprint density at radius 1 is 0.800 bits per heavy atom. The summed E-state index contributed by atoms with van der Waals surface area (Å²) in [7, 11) is 0. The molecule has 1 aliphatic heterocycles. The van der Waals surface area contributed by atoms with Gasteiger partial charge in [0, 0.05) is 25.2 Å². The summed E-state index contributed by atoms with van der Waals surface area (Å²) >= 11 is 0. The predicted octanol–water partition coefficient (Wildman–Crippen LogP) is 4.36. The lowest BCUT2D eigenvalue weighted by Gasteiger charge is -2.42. The molecule has 0 bridgehead atoms. The molecule has 0 aliphatic carbocycles. The van der Waals surface area contributed by atoms with Crippen molar-refractivity contribution in [1.82, 2.24) is 10.2 Å². The summed E-state index contributed by atoms with van der Waals surface area (Å²) in [6.07, 6.45) is 2.25. The molecular weight excluding hydrogens is 430 g/mol. The smallest absolute Gasteiger partial charge is 0.240 e. The third-order valence-corrected chi connectivity index (χ3v) is 7.01. The molecule has 1 fully saturated rings. The SMILES string of the molecule is N[C@H](Cc1ccccc1)C(=O)N1C[C@H](Cc2ccccc2)NC[C@H]1Cc1ccc2ccccc2c1. The fraction of sp³-hybridized carbons (Fsp3) is 0.258. The Kier molecular flexibility index (Phi) is 7.22. The first-order valence-corrected chi connectivity index (χ1v) is 12.5. The number of nitrogens with two attached hydrogens (primary N) is 1. The summed E-state index contributed by atoms with van der Waals surface area (Å²) in [5.41, 5.74) is 10.1. The van der Waals surface area contributed by atoms with Gasteiger partial charge in [0.25, 0.3) is 0 Å². The Morgan fingerprint density at radius 3 is 2.20 bits per heavy atom. The monoisotopic (exact) mass is 463 g/mol. The molecule has 1 saturated heterocycles. The van der Waals surface area contributed by atoms with E-state index >= 15 is 0 Å². The molecule has 1 amide bonds. The van der Waals surface area contributed by atoms with Crippen LogP contribution >= 0.6 is 0 Å². The molecule has 4 nitrogen and oxygen atoms in total. The van der Waals surface area contributed by atoms with E-state index in [1.54, 1.807) is 0 Å². The van der Waals surface area contributed by atoms with Gasteiger partial charge in [0.15, 0.2) is 0 Å². The third-order valence-electron chi connectivity index (χ3n) is 7.01. The number of rotatable bonds is 7. The topological polar surface area (TPSA) is 58.4 Å². The van der Waals surface area contributed by atoms with Crippen LogP contribution in [0.5, 0.6) is 0 Å². The highest BCUT2D eigenvalue weighted by molar-refractivity contribution is 5.84. The molecule has 0 unspecified atom stereocenters. The zero-order chi connectivity index (χ0) is 24.0. The van der Waals surface area contributed by atoms with Crippen molar-refractivity contribution in [2.75, 3.05) is 13.1 Å². The minimum atomic E-state index is -0.549. The quantitative estimate of drug-likeness (QED) is 0.428. The van der Waals surface area contributed by atoms with Crippen LogP contribution in [0, 0.1) is 0 Å². The molecule has 35 heavy (non-hydrogen) atoms. The lowest BCUT2D eigenvalue weighted by atomic mass is 9.95. The van der Waals surface area contributed by atoms with E-state index in [-0.39, 0.29) is 18.0 Å². The van der Waals surface area contributed by atoms with Gasteiger partial charge in [-0.3, -0.25) is 4.79 Å². The van der Waals surface area contributed by atoms with E-state index < -0.39 is 6.04 Å². The normalized spacial score (nSPS) is 18.9. The molecule has 5 rings (SSSR count). The lowest BCUT2D eigenvalue weighted by Crippen LogP contribution is -2.62. The third kappa shape index (κ3) is 5.79. The standard InChI is InChI=1S/C31H33N3O/c32-30(20-24-11-5-2-6-12-24)31(35)34-22-28(18-23-9-3-1-4-10-23)33-21-29(34)19-25-15-16-26-13-7-8-14-27(26)17-25/h1-17,28-30,33H,18-22,32H2/t28-,29+,30+/m0/s1. The van der Waals surface area contributed by atoms with Crippen LogP contribution < -0.4 is 11.1 Å². The molecule has 0 saturated carbocycles. The number of amides is 1. The second kappa shape index (κ2) is 10.9. The van der Waals surface area contributed by atoms with Crippen molar-refractivity contribution >= 4 is 16.7 Å². The molecule has 4 heteroatoms. The minimum absolute atomic E-state index is 0.0409. The minimum Gasteiger partial charge on any atom is -0.335 e. The van der Waals surface area contributed by atoms with Crippen LogP contribution in [0.2, 0.25) is 0 Å². The summed E-state index contributed by atoms with van der Waals surface area (Å²) in [4.78, 5) is 15.7. The maximum atomic E-state index is 13.7. The highest BCUT2D eigenvalue weighted by Gasteiger charge is 2.33. The summed E-state index contributed by atoms with van der Waals surface area (Å²) in [5.74, 6) is 0.0409. The van der Waals surface area contributed by atoms with E-state index in [0.29, 0.717) is 13.0 Å². The Labute approximate surface area is 207 Å². The summed E-state index contributed by atoms with van der Waals surface area (Å²) in [6.45, 7) is 1.42. The predicted molar refractivity (Wildman–Crippen MR) is 143 cm³/mol. The molecule has 3 atom stereocenters. The average Bonchev–Trinajstić information content (AvgIpc) is 2.90. The summed E-state index contributed by atoms with van der Waals surface area (Å²) < 4.78 is 0. The van der Waals surface area contributed by atoms with E-state index in [0.717, 1.165) is 24.9 Å². The van der Waals surface area contributed by atoms with Crippen LogP contribution in [0.25, 0.3) is 10.8 Å². The lowest BCUT2D eigenvalue weighted by molar-refractivity contribution is -0.136. The Balaban J connectivity index is 1.35. The van der Waals surface area contributed by atoms with Crippen molar-refractivity contribution in [2.24, 2.45) is 5.73 Å². The van der Waals surface area contributed by atoms with Gasteiger partial charge in [-0.05, 0) is 46.7 Å². The zero-order valence-electron chi connectivity index (χ0n) is 20.0. The fourth-order valence-electron chi connectivity index (χ4n) is 5.16. The van der Waals surface area contributed by atoms with Gasteiger partial charge in [-0.15, -0.1) is 0 Å². The van der Waals surface area contributed by atoms with E-state index in [1.165, 1.54) is 21.9 Å². The van der Waals surface area contributed by atoms with Crippen LogP contribution in [-0.2, 0) is 24.1 Å². The molecule has 4 aromatic rings. The molecule has 178 valence electrons. The van der Waals surface area contributed by atoms with Gasteiger partial charge in [-0.1, -0.05) is 103 Å². The van der Waals surface area contributed by atoms with Crippen LogP contribution in [0.4, 0.5) is 0 Å². The van der Waals surface area contributed by atoms with E-state index in [9.17, 15) is 4.79 Å². The summed E-state index contributed by atoms with van der Waals surface area (Å²) in [6, 6.07) is 35.3. The Hall–Kier alpha value is -3.47. The van der Waals surface area contributed by atoms with E-state index in [2.05, 4.69) is 72.0 Å². The number of benzene rings is 4. The molecule has 0 radical (unpaired) electrons. The molecule has 3 N–H and O–H groups in total. The number of fused-ring (bicyclic) bond motifs is 1. The van der Waals surface area contributed by atoms with Crippen LogP contribution in [0.15, 0.2) is 103 Å². The number of carbonyl (C=O) groups excluding carboxylic acids is 1. The number of piperazine rings is 1. The van der Waals surface area contributed by atoms with E-state index in [1.807, 2.05) is 41.3 Å². The van der Waals surface area contributed by atoms with Gasteiger partial charge in [-0.2, -0.15) is 0 Å². The first kappa shape index (κ1) is 23.3. The van der Waals surface area contributed by atoms with Gasteiger partial charge >= 0.3 is 0 Å². The van der Waals surface area contributed by atoms with Crippen LogP contribution in [0.3, 0.4) is 0 Å². The van der Waals surface area contributed by atoms with Crippen molar-refractivity contribution in [3.8, 4) is 0 Å². The molecule has 4 aromatic carbocycles. The van der Waals surface area contributed by atoms with Crippen molar-refractivity contribution in [1.29, 1.82) is 0 Å². The van der Waals surface area contributed by atoms with Crippen molar-refractivity contribution in [2.45, 2.75) is 37.4 Å². The number of carbonyl (C=O) groups is 1. The second-order valence-electron chi connectivity index (χ2n) is 9.62. The van der Waals surface area contributed by atoms with Crippen molar-refractivity contribution in [3.63, 3.8) is 0 Å². The fourth-order valence-corrected chi connectivity index (χ4v) is 5.16. The van der Waals surface area contributed by atoms with Gasteiger partial charge < -0.3 is 16.0 Å². The van der Waals surface area contributed by atoms with Crippen LogP contribution in [-0.4, -0.2) is 42.0 Å². The molecule has 1 heterocycles. The number of hydrogen-bond donors (Lipinski definition) is 2. The first-order valence-electron chi connectivity index (χ1n) is 12.5. The van der Waals surface area contributed by atoms with Crippen LogP contribution in [0.1, 0.15) is 16.7 Å². The van der Waals surface area contributed by atoms with Gasteiger partial charge in [0.1, 0.15) is 0 Å². The first-order chi connectivity index (χ1) is 17.2.